The van der Waals surface area contributed by atoms with Crippen LogP contribution >= 0.6 is 0 Å². The van der Waals surface area contributed by atoms with E-state index in [2.05, 4.69) is 16.4 Å². The quantitative estimate of drug-likeness (QED) is 0.835. The maximum atomic E-state index is 5.74. The molecular formula is C16H19N3O. The van der Waals surface area contributed by atoms with E-state index in [9.17, 15) is 0 Å². The Morgan fingerprint density at radius 1 is 1.20 bits per heavy atom. The predicted molar refractivity (Wildman–Crippen MR) is 80.4 cm³/mol. The van der Waals surface area contributed by atoms with E-state index >= 15 is 0 Å². The highest BCUT2D eigenvalue weighted by molar-refractivity contribution is 5.65. The molecule has 1 unspecified atom stereocenters. The molecule has 0 saturated carbocycles. The Balaban J connectivity index is 1.76. The van der Waals surface area contributed by atoms with E-state index in [0.717, 1.165) is 42.9 Å². The monoisotopic (exact) mass is 269 g/mol. The van der Waals surface area contributed by atoms with Crippen LogP contribution in [0.2, 0.25) is 0 Å². The molecule has 104 valence electrons. The summed E-state index contributed by atoms with van der Waals surface area (Å²) in [5, 5.41) is 3.35. The zero-order valence-corrected chi connectivity index (χ0v) is 11.4. The molecule has 3 N–H and O–H groups in total. The Labute approximate surface area is 119 Å². The molecule has 2 aromatic rings. The predicted octanol–water partition coefficient (Wildman–Crippen LogP) is 1.86. The van der Waals surface area contributed by atoms with Gasteiger partial charge in [0.15, 0.2) is 0 Å². The summed E-state index contributed by atoms with van der Waals surface area (Å²) in [4.78, 5) is 4.34. The maximum absolute atomic E-state index is 5.74. The van der Waals surface area contributed by atoms with Gasteiger partial charge in [0.1, 0.15) is 0 Å². The number of anilines is 1. The minimum Gasteiger partial charge on any atom is -0.399 e. The average Bonchev–Trinajstić information content (AvgIpc) is 2.49. The fourth-order valence-corrected chi connectivity index (χ4v) is 2.45. The highest BCUT2D eigenvalue weighted by Crippen LogP contribution is 2.21. The number of nitrogens with two attached hydrogens (primary N) is 1. The number of benzene rings is 1. The van der Waals surface area contributed by atoms with E-state index in [0.29, 0.717) is 0 Å². The molecule has 4 heteroatoms. The Kier molecular flexibility index (Phi) is 3.95. The molecule has 1 saturated heterocycles. The van der Waals surface area contributed by atoms with Crippen LogP contribution in [0.4, 0.5) is 5.69 Å². The molecule has 1 aliphatic heterocycles. The van der Waals surface area contributed by atoms with Crippen molar-refractivity contribution in [3.05, 3.63) is 48.3 Å². The molecule has 0 radical (unpaired) electrons. The van der Waals surface area contributed by atoms with E-state index in [1.807, 2.05) is 36.7 Å². The van der Waals surface area contributed by atoms with Crippen molar-refractivity contribution in [1.82, 2.24) is 10.3 Å². The first-order valence-electron chi connectivity index (χ1n) is 6.93. The van der Waals surface area contributed by atoms with Crippen molar-refractivity contribution in [2.24, 2.45) is 0 Å². The molecule has 1 atom stereocenters. The third-order valence-electron chi connectivity index (χ3n) is 3.51. The minimum atomic E-state index is 0.243. The molecule has 3 rings (SSSR count). The summed E-state index contributed by atoms with van der Waals surface area (Å²) in [5.41, 5.74) is 9.95. The van der Waals surface area contributed by atoms with Gasteiger partial charge in [0.25, 0.3) is 0 Å². The highest BCUT2D eigenvalue weighted by Gasteiger charge is 2.14. The lowest BCUT2D eigenvalue weighted by molar-refractivity contribution is 0.0292. The summed E-state index contributed by atoms with van der Waals surface area (Å²) < 4.78 is 5.74. The van der Waals surface area contributed by atoms with Gasteiger partial charge in [0.05, 0.1) is 12.7 Å². The molecule has 4 nitrogen and oxygen atoms in total. The molecule has 0 aliphatic carbocycles. The molecule has 1 fully saturated rings. The van der Waals surface area contributed by atoms with Gasteiger partial charge in [-0.2, -0.15) is 0 Å². The zero-order chi connectivity index (χ0) is 13.8. The fourth-order valence-electron chi connectivity index (χ4n) is 2.45. The van der Waals surface area contributed by atoms with Gasteiger partial charge in [-0.25, -0.2) is 0 Å². The lowest BCUT2D eigenvalue weighted by Crippen LogP contribution is -2.39. The van der Waals surface area contributed by atoms with Crippen molar-refractivity contribution >= 4 is 5.69 Å². The van der Waals surface area contributed by atoms with Crippen LogP contribution in [-0.2, 0) is 11.2 Å². The van der Waals surface area contributed by atoms with E-state index in [1.165, 1.54) is 5.56 Å². The molecule has 20 heavy (non-hydrogen) atoms. The smallest absolute Gasteiger partial charge is 0.0740 e. The van der Waals surface area contributed by atoms with Gasteiger partial charge in [-0.05, 0) is 29.3 Å². The van der Waals surface area contributed by atoms with Crippen molar-refractivity contribution < 1.29 is 4.74 Å². The van der Waals surface area contributed by atoms with Gasteiger partial charge < -0.3 is 15.8 Å². The summed E-state index contributed by atoms with van der Waals surface area (Å²) in [7, 11) is 0. The van der Waals surface area contributed by atoms with Crippen LogP contribution in [0.5, 0.6) is 0 Å². The number of hydrogen-bond donors (Lipinski definition) is 2. The average molecular weight is 269 g/mol. The van der Waals surface area contributed by atoms with E-state index in [1.54, 1.807) is 0 Å². The van der Waals surface area contributed by atoms with Crippen molar-refractivity contribution in [3.8, 4) is 11.1 Å². The molecule has 2 heterocycles. The molecule has 1 aliphatic rings. The number of nitrogens with one attached hydrogen (secondary N) is 1. The minimum absolute atomic E-state index is 0.243. The molecule has 0 spiro atoms. The molecule has 0 amide bonds. The zero-order valence-electron chi connectivity index (χ0n) is 11.4. The summed E-state index contributed by atoms with van der Waals surface area (Å²) >= 11 is 0. The first-order chi connectivity index (χ1) is 9.81. The van der Waals surface area contributed by atoms with Gasteiger partial charge in [-0.1, -0.05) is 12.1 Å². The number of aromatic nitrogens is 1. The van der Waals surface area contributed by atoms with E-state index < -0.39 is 0 Å². The second-order valence-corrected chi connectivity index (χ2v) is 5.10. The SMILES string of the molecule is Nc1ccc(-c2cncc(CC3CNCCO3)c2)cc1. The van der Waals surface area contributed by atoms with Crippen molar-refractivity contribution in [3.63, 3.8) is 0 Å². The largest absolute Gasteiger partial charge is 0.399 e. The second-order valence-electron chi connectivity index (χ2n) is 5.10. The van der Waals surface area contributed by atoms with Crippen LogP contribution in [-0.4, -0.2) is 30.8 Å². The Hall–Kier alpha value is -1.91. The van der Waals surface area contributed by atoms with E-state index in [-0.39, 0.29) is 6.10 Å². The van der Waals surface area contributed by atoms with Gasteiger partial charge >= 0.3 is 0 Å². The van der Waals surface area contributed by atoms with Crippen molar-refractivity contribution in [2.75, 3.05) is 25.4 Å². The summed E-state index contributed by atoms with van der Waals surface area (Å²) in [5.74, 6) is 0. The van der Waals surface area contributed by atoms with Crippen LogP contribution in [0.25, 0.3) is 11.1 Å². The second kappa shape index (κ2) is 6.03. The number of ether oxygens (including phenoxy) is 1. The standard InChI is InChI=1S/C16H19N3O/c17-15-3-1-13(2-4-15)14-7-12(9-19-10-14)8-16-11-18-5-6-20-16/h1-4,7,9-10,16,18H,5-6,8,11,17H2. The third-order valence-corrected chi connectivity index (χ3v) is 3.51. The molecule has 0 bridgehead atoms. The summed E-state index contributed by atoms with van der Waals surface area (Å²) in [6, 6.07) is 10.0. The van der Waals surface area contributed by atoms with Crippen LogP contribution in [0.3, 0.4) is 0 Å². The highest BCUT2D eigenvalue weighted by atomic mass is 16.5. The van der Waals surface area contributed by atoms with Gasteiger partial charge in [0, 0.05) is 43.2 Å². The lowest BCUT2D eigenvalue weighted by Gasteiger charge is -2.23. The normalized spacial score (nSPS) is 18.9. The Bertz CT molecular complexity index is 562. The number of nitrogens with zero attached hydrogens (tertiary/aromatic N) is 1. The van der Waals surface area contributed by atoms with Crippen LogP contribution in [0.1, 0.15) is 5.56 Å². The first-order valence-corrected chi connectivity index (χ1v) is 6.93. The number of nitrogen functional groups attached to an aromatic ring is 1. The summed E-state index contributed by atoms with van der Waals surface area (Å²) in [6.07, 6.45) is 4.93. The van der Waals surface area contributed by atoms with Crippen LogP contribution in [0, 0.1) is 0 Å². The third kappa shape index (κ3) is 3.15. The molecule has 1 aromatic heterocycles. The molecular weight excluding hydrogens is 250 g/mol. The topological polar surface area (TPSA) is 60.2 Å². The first kappa shape index (κ1) is 13.1. The van der Waals surface area contributed by atoms with Crippen molar-refractivity contribution in [2.45, 2.75) is 12.5 Å². The lowest BCUT2D eigenvalue weighted by atomic mass is 10.0. The van der Waals surface area contributed by atoms with Crippen LogP contribution < -0.4 is 11.1 Å². The summed E-state index contributed by atoms with van der Waals surface area (Å²) in [6.45, 7) is 2.64. The van der Waals surface area contributed by atoms with Gasteiger partial charge in [-0.15, -0.1) is 0 Å². The van der Waals surface area contributed by atoms with Gasteiger partial charge in [-0.3, -0.25) is 4.98 Å². The number of hydrogen-bond acceptors (Lipinski definition) is 4. The Morgan fingerprint density at radius 3 is 2.80 bits per heavy atom. The molecule has 1 aromatic carbocycles. The maximum Gasteiger partial charge on any atom is 0.0740 e. The van der Waals surface area contributed by atoms with Crippen molar-refractivity contribution in [1.29, 1.82) is 0 Å². The van der Waals surface area contributed by atoms with Gasteiger partial charge in [0.2, 0.25) is 0 Å². The van der Waals surface area contributed by atoms with Crippen LogP contribution in [0.15, 0.2) is 42.7 Å². The Morgan fingerprint density at radius 2 is 2.05 bits per heavy atom. The number of rotatable bonds is 3. The number of morpholine rings is 1. The van der Waals surface area contributed by atoms with E-state index in [4.69, 9.17) is 10.5 Å². The fraction of sp³-hybridized carbons (Fsp3) is 0.312. The number of pyridine rings is 1.